The lowest BCUT2D eigenvalue weighted by molar-refractivity contribution is -0.129. The minimum atomic E-state index is -0.180. The number of likely N-dealkylation sites (tertiary alicyclic amines) is 1. The summed E-state index contributed by atoms with van der Waals surface area (Å²) in [6.45, 7) is 4.78. The van der Waals surface area contributed by atoms with E-state index in [4.69, 9.17) is 18.9 Å². The average molecular weight is 527 g/mol. The van der Waals surface area contributed by atoms with Crippen molar-refractivity contribution in [3.8, 4) is 34.1 Å². The molecule has 2 heterocycles. The molecular formula is C32H34N2O5. The largest absolute Gasteiger partial charge is 0.493 e. The zero-order valence-corrected chi connectivity index (χ0v) is 23.0. The number of ether oxygens (including phenoxy) is 4. The topological polar surface area (TPSA) is 70.1 Å². The highest BCUT2D eigenvalue weighted by Crippen LogP contribution is 2.43. The Hall–Kier alpha value is -4.26. The van der Waals surface area contributed by atoms with Gasteiger partial charge in [-0.05, 0) is 66.9 Å². The number of hydrogen-bond donors (Lipinski definition) is 0. The summed E-state index contributed by atoms with van der Waals surface area (Å²) in [6, 6.07) is 21.9. The van der Waals surface area contributed by atoms with Crippen LogP contribution < -0.4 is 18.9 Å². The second kappa shape index (κ2) is 11.2. The van der Waals surface area contributed by atoms with Crippen molar-refractivity contribution in [3.05, 3.63) is 78.5 Å². The number of benzene rings is 3. The van der Waals surface area contributed by atoms with Crippen molar-refractivity contribution in [2.45, 2.75) is 32.4 Å². The Balaban J connectivity index is 1.45. The molecule has 4 aromatic rings. The van der Waals surface area contributed by atoms with Crippen molar-refractivity contribution in [2.75, 3.05) is 27.9 Å². The van der Waals surface area contributed by atoms with Gasteiger partial charge in [-0.2, -0.15) is 0 Å². The normalized spacial score (nSPS) is 16.7. The molecule has 1 aliphatic rings. The maximum Gasteiger partial charge on any atom is 0.223 e. The third-order valence-electron chi connectivity index (χ3n) is 7.60. The molecule has 7 heteroatoms. The minimum Gasteiger partial charge on any atom is -0.493 e. The van der Waals surface area contributed by atoms with E-state index in [1.165, 1.54) is 0 Å². The van der Waals surface area contributed by atoms with E-state index in [1.807, 2.05) is 66.4 Å². The first-order valence-electron chi connectivity index (χ1n) is 13.1. The Morgan fingerprint density at radius 3 is 2.18 bits per heavy atom. The van der Waals surface area contributed by atoms with Crippen LogP contribution in [0.1, 0.15) is 31.9 Å². The Bertz CT molecular complexity index is 1450. The first-order chi connectivity index (χ1) is 18.9. The third-order valence-corrected chi connectivity index (χ3v) is 7.60. The van der Waals surface area contributed by atoms with Gasteiger partial charge in [-0.1, -0.05) is 30.3 Å². The predicted molar refractivity (Wildman–Crippen MR) is 152 cm³/mol. The van der Waals surface area contributed by atoms with Crippen molar-refractivity contribution in [1.82, 2.24) is 9.88 Å². The fourth-order valence-electron chi connectivity index (χ4n) is 5.32. The highest BCUT2D eigenvalue weighted by molar-refractivity contribution is 5.90. The summed E-state index contributed by atoms with van der Waals surface area (Å²) in [5, 5.41) is 0.916. The molecule has 7 nitrogen and oxygen atoms in total. The second-order valence-corrected chi connectivity index (χ2v) is 9.88. The molecule has 1 saturated heterocycles. The summed E-state index contributed by atoms with van der Waals surface area (Å²) in [4.78, 5) is 19.6. The molecule has 1 aromatic heterocycles. The van der Waals surface area contributed by atoms with Crippen LogP contribution in [0.15, 0.2) is 72.9 Å². The maximum atomic E-state index is 13.0. The lowest BCUT2D eigenvalue weighted by Crippen LogP contribution is -2.31. The molecule has 1 fully saturated rings. The first kappa shape index (κ1) is 26.4. The van der Waals surface area contributed by atoms with E-state index in [1.54, 1.807) is 27.5 Å². The highest BCUT2D eigenvalue weighted by atomic mass is 16.5. The molecule has 202 valence electrons. The summed E-state index contributed by atoms with van der Waals surface area (Å²) >= 11 is 0. The van der Waals surface area contributed by atoms with Crippen molar-refractivity contribution in [2.24, 2.45) is 5.92 Å². The minimum absolute atomic E-state index is 0.0179. The molecule has 5 rings (SSSR count). The molecule has 0 N–H and O–H groups in total. The van der Waals surface area contributed by atoms with Crippen molar-refractivity contribution < 1.29 is 23.7 Å². The monoisotopic (exact) mass is 526 g/mol. The average Bonchev–Trinajstić information content (AvgIpc) is 3.37. The molecule has 1 aliphatic heterocycles. The van der Waals surface area contributed by atoms with Gasteiger partial charge < -0.3 is 23.8 Å². The SMILES string of the molecule is COc1cc(-c2cc(O[C@H](C)[C@@H]3CC(=O)N([C@H](C)c4ccccc4)C3)c3cccnc3c2)cc(OC)c1OC. The molecule has 1 amide bonds. The number of methoxy groups -OCH3 is 3. The standard InChI is InChI=1S/C32H34N2O5/c1-20(22-10-7-6-8-11-22)34-19-25(18-31(34)35)21(2)39-28-15-23(14-27-26(28)12-9-13-33-27)24-16-29(36-3)32(38-5)30(17-24)37-4/h6-17,20-21,25H,18-19H2,1-5H3/t20-,21-,25-/m1/s1. The van der Waals surface area contributed by atoms with Gasteiger partial charge in [0.05, 0.1) is 32.9 Å². The van der Waals surface area contributed by atoms with Crippen molar-refractivity contribution >= 4 is 16.8 Å². The smallest absolute Gasteiger partial charge is 0.223 e. The van der Waals surface area contributed by atoms with Gasteiger partial charge in [-0.25, -0.2) is 0 Å². The molecule has 0 unspecified atom stereocenters. The zero-order chi connectivity index (χ0) is 27.5. The summed E-state index contributed by atoms with van der Waals surface area (Å²) in [5.41, 5.74) is 3.74. The van der Waals surface area contributed by atoms with Gasteiger partial charge in [0.25, 0.3) is 0 Å². The molecule has 3 aromatic carbocycles. The molecule has 0 bridgehead atoms. The number of hydrogen-bond acceptors (Lipinski definition) is 6. The summed E-state index contributed by atoms with van der Waals surface area (Å²) < 4.78 is 23.3. The van der Waals surface area contributed by atoms with Gasteiger partial charge in [0.2, 0.25) is 11.7 Å². The molecular weight excluding hydrogens is 492 g/mol. The Morgan fingerprint density at radius 1 is 0.846 bits per heavy atom. The summed E-state index contributed by atoms with van der Waals surface area (Å²) in [7, 11) is 4.79. The number of pyridine rings is 1. The number of carbonyl (C=O) groups excluding carboxylic acids is 1. The molecule has 0 saturated carbocycles. The fraction of sp³-hybridized carbons (Fsp3) is 0.312. The number of nitrogens with zero attached hydrogens (tertiary/aromatic N) is 2. The van der Waals surface area contributed by atoms with Crippen molar-refractivity contribution in [3.63, 3.8) is 0 Å². The van der Waals surface area contributed by atoms with E-state index in [-0.39, 0.29) is 24.0 Å². The predicted octanol–water partition coefficient (Wildman–Crippen LogP) is 6.30. The van der Waals surface area contributed by atoms with Crippen LogP contribution in [-0.2, 0) is 4.79 Å². The number of carbonyl (C=O) groups is 1. The molecule has 0 radical (unpaired) electrons. The van der Waals surface area contributed by atoms with Gasteiger partial charge in [-0.3, -0.25) is 9.78 Å². The van der Waals surface area contributed by atoms with Gasteiger partial charge in [-0.15, -0.1) is 0 Å². The summed E-state index contributed by atoms with van der Waals surface area (Å²) in [5.74, 6) is 2.62. The van der Waals surface area contributed by atoms with Crippen molar-refractivity contribution in [1.29, 1.82) is 0 Å². The van der Waals surface area contributed by atoms with Gasteiger partial charge in [0.15, 0.2) is 11.5 Å². The van der Waals surface area contributed by atoms with Crippen LogP contribution in [0, 0.1) is 5.92 Å². The van der Waals surface area contributed by atoms with Gasteiger partial charge in [0.1, 0.15) is 11.9 Å². The lowest BCUT2D eigenvalue weighted by Gasteiger charge is -2.27. The maximum absolute atomic E-state index is 13.0. The Morgan fingerprint density at radius 2 is 1.51 bits per heavy atom. The van der Waals surface area contributed by atoms with E-state index < -0.39 is 0 Å². The van der Waals surface area contributed by atoms with E-state index in [9.17, 15) is 4.79 Å². The van der Waals surface area contributed by atoms with Crippen LogP contribution in [0.2, 0.25) is 0 Å². The molecule has 0 spiro atoms. The van der Waals surface area contributed by atoms with Gasteiger partial charge >= 0.3 is 0 Å². The first-order valence-corrected chi connectivity index (χ1v) is 13.1. The quantitative estimate of drug-likeness (QED) is 0.255. The summed E-state index contributed by atoms with van der Waals surface area (Å²) in [6.07, 6.45) is 2.05. The molecule has 39 heavy (non-hydrogen) atoms. The Labute approximate surface area is 229 Å². The molecule has 0 aliphatic carbocycles. The Kier molecular flexibility index (Phi) is 7.59. The molecule has 3 atom stereocenters. The zero-order valence-electron chi connectivity index (χ0n) is 23.0. The van der Waals surface area contributed by atoms with E-state index >= 15 is 0 Å². The lowest BCUT2D eigenvalue weighted by atomic mass is 10.0. The van der Waals surface area contributed by atoms with Crippen LogP contribution in [0.4, 0.5) is 0 Å². The number of aromatic nitrogens is 1. The van der Waals surface area contributed by atoms with Crippen LogP contribution in [0.25, 0.3) is 22.0 Å². The fourth-order valence-corrected chi connectivity index (χ4v) is 5.32. The van der Waals surface area contributed by atoms with Crippen LogP contribution in [0.5, 0.6) is 23.0 Å². The van der Waals surface area contributed by atoms with Gasteiger partial charge in [0, 0.05) is 30.5 Å². The number of rotatable bonds is 9. The third kappa shape index (κ3) is 5.21. The van der Waals surface area contributed by atoms with Crippen LogP contribution in [0.3, 0.4) is 0 Å². The number of fused-ring (bicyclic) bond motifs is 1. The number of amides is 1. The van der Waals surface area contributed by atoms with E-state index in [0.717, 1.165) is 33.3 Å². The van der Waals surface area contributed by atoms with Crippen LogP contribution in [-0.4, -0.2) is 49.8 Å². The van der Waals surface area contributed by atoms with E-state index in [2.05, 4.69) is 24.0 Å². The van der Waals surface area contributed by atoms with E-state index in [0.29, 0.717) is 30.2 Å². The second-order valence-electron chi connectivity index (χ2n) is 9.88. The van der Waals surface area contributed by atoms with Crippen LogP contribution >= 0.6 is 0 Å². The highest BCUT2D eigenvalue weighted by Gasteiger charge is 2.37.